The number of halogens is 1. The zero-order valence-electron chi connectivity index (χ0n) is 20.9. The summed E-state index contributed by atoms with van der Waals surface area (Å²) < 4.78 is 16.1. The molecule has 2 aromatic carbocycles. The zero-order valence-corrected chi connectivity index (χ0v) is 20.9. The van der Waals surface area contributed by atoms with E-state index in [4.69, 9.17) is 0 Å². The van der Waals surface area contributed by atoms with E-state index in [9.17, 15) is 4.39 Å². The van der Waals surface area contributed by atoms with Gasteiger partial charge in [-0.05, 0) is 80.4 Å². The van der Waals surface area contributed by atoms with E-state index in [-0.39, 0.29) is 5.82 Å². The maximum Gasteiger partial charge on any atom is 0.137 e. The molecular formula is C30H30FN5. The molecule has 0 aliphatic carbocycles. The van der Waals surface area contributed by atoms with Crippen LogP contribution in [0, 0.1) is 12.7 Å². The van der Waals surface area contributed by atoms with Gasteiger partial charge < -0.3 is 4.90 Å². The Bertz CT molecular complexity index is 1550. The first-order valence-corrected chi connectivity index (χ1v) is 12.6. The predicted molar refractivity (Wildman–Crippen MR) is 145 cm³/mol. The summed E-state index contributed by atoms with van der Waals surface area (Å²) in [5.74, 6) is -0.268. The van der Waals surface area contributed by atoms with Crippen LogP contribution < -0.4 is 4.90 Å². The van der Waals surface area contributed by atoms with Crippen molar-refractivity contribution in [3.8, 4) is 22.4 Å². The molecule has 0 saturated carbocycles. The molecule has 3 aromatic heterocycles. The van der Waals surface area contributed by atoms with Gasteiger partial charge in [0.25, 0.3) is 0 Å². The van der Waals surface area contributed by atoms with Gasteiger partial charge in [-0.15, -0.1) is 0 Å². The molecule has 0 radical (unpaired) electrons. The average molecular weight is 480 g/mol. The number of fused-ring (bicyclic) bond motifs is 2. The standard InChI is InChI=1S/C30H30FN5/c1-20(2)34-12-14-35(15-13-34)25-7-4-22(5-8-25)23-10-11-36-29(19-32-30(36)17-23)27-16-21(3)33-28-9-6-24(31)18-26(27)28/h4-11,16-20H,12-15H2,1-3H3. The summed E-state index contributed by atoms with van der Waals surface area (Å²) in [5.41, 5.74) is 7.95. The van der Waals surface area contributed by atoms with Crippen LogP contribution in [0.4, 0.5) is 10.1 Å². The molecule has 1 fully saturated rings. The fraction of sp³-hybridized carbons (Fsp3) is 0.267. The van der Waals surface area contributed by atoms with E-state index in [2.05, 4.69) is 74.4 Å². The first kappa shape index (κ1) is 22.7. The van der Waals surface area contributed by atoms with Crippen molar-refractivity contribution < 1.29 is 4.39 Å². The second kappa shape index (κ2) is 9.03. The van der Waals surface area contributed by atoms with Gasteiger partial charge in [-0.3, -0.25) is 14.3 Å². The molecule has 0 N–H and O–H groups in total. The molecule has 36 heavy (non-hydrogen) atoms. The van der Waals surface area contributed by atoms with Crippen molar-refractivity contribution in [1.82, 2.24) is 19.3 Å². The highest BCUT2D eigenvalue weighted by Gasteiger charge is 2.19. The van der Waals surface area contributed by atoms with Gasteiger partial charge in [0.2, 0.25) is 0 Å². The Morgan fingerprint density at radius 2 is 1.64 bits per heavy atom. The van der Waals surface area contributed by atoms with Gasteiger partial charge in [0.1, 0.15) is 11.5 Å². The smallest absolute Gasteiger partial charge is 0.137 e. The van der Waals surface area contributed by atoms with Crippen LogP contribution in [-0.2, 0) is 0 Å². The number of anilines is 1. The third-order valence-electron chi connectivity index (χ3n) is 7.30. The molecule has 1 aliphatic rings. The molecule has 0 spiro atoms. The van der Waals surface area contributed by atoms with Crippen LogP contribution in [0.5, 0.6) is 0 Å². The molecule has 0 atom stereocenters. The van der Waals surface area contributed by atoms with Crippen molar-refractivity contribution in [1.29, 1.82) is 0 Å². The van der Waals surface area contributed by atoms with Crippen molar-refractivity contribution in [2.24, 2.45) is 0 Å². The second-order valence-electron chi connectivity index (χ2n) is 9.92. The van der Waals surface area contributed by atoms with Crippen LogP contribution >= 0.6 is 0 Å². The summed E-state index contributed by atoms with van der Waals surface area (Å²) in [5, 5.41) is 0.788. The Balaban J connectivity index is 1.29. The first-order valence-electron chi connectivity index (χ1n) is 12.6. The van der Waals surface area contributed by atoms with E-state index in [1.807, 2.05) is 25.4 Å². The zero-order chi connectivity index (χ0) is 24.8. The van der Waals surface area contributed by atoms with E-state index in [0.29, 0.717) is 6.04 Å². The Kier molecular flexibility index (Phi) is 5.69. The van der Waals surface area contributed by atoms with Crippen molar-refractivity contribution in [2.75, 3.05) is 31.1 Å². The fourth-order valence-corrected chi connectivity index (χ4v) is 5.26. The third-order valence-corrected chi connectivity index (χ3v) is 7.30. The molecule has 0 bridgehead atoms. The molecule has 5 aromatic rings. The van der Waals surface area contributed by atoms with E-state index in [1.54, 1.807) is 12.1 Å². The van der Waals surface area contributed by atoms with Gasteiger partial charge >= 0.3 is 0 Å². The van der Waals surface area contributed by atoms with Gasteiger partial charge in [0.05, 0.1) is 17.4 Å². The quantitative estimate of drug-likeness (QED) is 0.308. The minimum atomic E-state index is -0.268. The summed E-state index contributed by atoms with van der Waals surface area (Å²) >= 11 is 0. The number of aryl methyl sites for hydroxylation is 1. The van der Waals surface area contributed by atoms with Crippen LogP contribution in [0.3, 0.4) is 0 Å². The maximum absolute atomic E-state index is 14.1. The van der Waals surface area contributed by atoms with Crippen molar-refractivity contribution in [3.63, 3.8) is 0 Å². The van der Waals surface area contributed by atoms with Gasteiger partial charge in [0.15, 0.2) is 0 Å². The van der Waals surface area contributed by atoms with Crippen molar-refractivity contribution >= 4 is 22.2 Å². The highest BCUT2D eigenvalue weighted by atomic mass is 19.1. The molecule has 6 heteroatoms. The van der Waals surface area contributed by atoms with Crippen molar-refractivity contribution in [3.05, 3.63) is 84.6 Å². The van der Waals surface area contributed by atoms with Crippen LogP contribution in [-0.4, -0.2) is 51.5 Å². The SMILES string of the molecule is Cc1cc(-c2cnc3cc(-c4ccc(N5CCN(C(C)C)CC5)cc4)ccn23)c2cc(F)ccc2n1. The Labute approximate surface area is 210 Å². The Morgan fingerprint density at radius 1 is 0.861 bits per heavy atom. The number of piperazine rings is 1. The fourth-order valence-electron chi connectivity index (χ4n) is 5.26. The molecule has 182 valence electrons. The molecular weight excluding hydrogens is 449 g/mol. The van der Waals surface area contributed by atoms with Crippen LogP contribution in [0.2, 0.25) is 0 Å². The highest BCUT2D eigenvalue weighted by Crippen LogP contribution is 2.31. The predicted octanol–water partition coefficient (Wildman–Crippen LogP) is 6.19. The first-order chi connectivity index (χ1) is 17.5. The number of aromatic nitrogens is 3. The minimum absolute atomic E-state index is 0.268. The molecule has 6 rings (SSSR count). The average Bonchev–Trinajstić information content (AvgIpc) is 3.32. The molecule has 1 saturated heterocycles. The summed E-state index contributed by atoms with van der Waals surface area (Å²) in [4.78, 5) is 14.3. The molecule has 4 heterocycles. The van der Waals surface area contributed by atoms with Gasteiger partial charge in [0, 0.05) is 60.7 Å². The van der Waals surface area contributed by atoms with Gasteiger partial charge in [-0.2, -0.15) is 0 Å². The lowest BCUT2D eigenvalue weighted by Crippen LogP contribution is -2.48. The minimum Gasteiger partial charge on any atom is -0.369 e. The number of imidazole rings is 1. The van der Waals surface area contributed by atoms with Crippen LogP contribution in [0.1, 0.15) is 19.5 Å². The largest absolute Gasteiger partial charge is 0.369 e. The molecule has 0 amide bonds. The van der Waals surface area contributed by atoms with E-state index in [0.717, 1.165) is 65.2 Å². The normalized spacial score (nSPS) is 14.9. The summed E-state index contributed by atoms with van der Waals surface area (Å²) in [6.07, 6.45) is 3.91. The van der Waals surface area contributed by atoms with Gasteiger partial charge in [-0.25, -0.2) is 9.37 Å². The number of nitrogens with zero attached hydrogens (tertiary/aromatic N) is 5. The molecule has 1 aliphatic heterocycles. The van der Waals surface area contributed by atoms with Crippen LogP contribution in [0.25, 0.3) is 38.9 Å². The summed E-state index contributed by atoms with van der Waals surface area (Å²) in [6, 6.07) is 20.4. The van der Waals surface area contributed by atoms with E-state index < -0.39 is 0 Å². The number of pyridine rings is 2. The lowest BCUT2D eigenvalue weighted by molar-refractivity contribution is 0.209. The van der Waals surface area contributed by atoms with E-state index in [1.165, 1.54) is 17.3 Å². The lowest BCUT2D eigenvalue weighted by Gasteiger charge is -2.38. The number of hydrogen-bond donors (Lipinski definition) is 0. The summed E-state index contributed by atoms with van der Waals surface area (Å²) in [6.45, 7) is 10.8. The highest BCUT2D eigenvalue weighted by molar-refractivity contribution is 5.94. The Morgan fingerprint density at radius 3 is 2.39 bits per heavy atom. The van der Waals surface area contributed by atoms with Crippen LogP contribution in [0.15, 0.2) is 73.1 Å². The summed E-state index contributed by atoms with van der Waals surface area (Å²) in [7, 11) is 0. The second-order valence-corrected chi connectivity index (χ2v) is 9.92. The third kappa shape index (κ3) is 4.11. The maximum atomic E-state index is 14.1. The number of hydrogen-bond acceptors (Lipinski definition) is 4. The molecule has 0 unspecified atom stereocenters. The topological polar surface area (TPSA) is 36.7 Å². The molecule has 5 nitrogen and oxygen atoms in total. The monoisotopic (exact) mass is 479 g/mol. The lowest BCUT2D eigenvalue weighted by atomic mass is 10.0. The Hall–Kier alpha value is -3.77. The van der Waals surface area contributed by atoms with E-state index >= 15 is 0 Å². The number of benzene rings is 2. The van der Waals surface area contributed by atoms with Crippen molar-refractivity contribution in [2.45, 2.75) is 26.8 Å². The van der Waals surface area contributed by atoms with Gasteiger partial charge in [-0.1, -0.05) is 12.1 Å². The number of rotatable bonds is 4.